The van der Waals surface area contributed by atoms with E-state index in [-0.39, 0.29) is 6.54 Å². The van der Waals surface area contributed by atoms with Crippen LogP contribution in [0.1, 0.15) is 13.3 Å². The predicted molar refractivity (Wildman–Crippen MR) is 62.4 cm³/mol. The van der Waals surface area contributed by atoms with Crippen LogP contribution in [-0.4, -0.2) is 60.3 Å². The molecule has 0 amide bonds. The summed E-state index contributed by atoms with van der Waals surface area (Å²) in [7, 11) is 1.30. The number of aliphatic hydroxyl groups is 3. The van der Waals surface area contributed by atoms with Gasteiger partial charge in [-0.2, -0.15) is 0 Å². The summed E-state index contributed by atoms with van der Waals surface area (Å²) in [4.78, 5) is 11.2. The van der Waals surface area contributed by atoms with Gasteiger partial charge in [-0.25, -0.2) is 4.79 Å². The van der Waals surface area contributed by atoms with E-state index >= 15 is 0 Å². The first-order valence-corrected chi connectivity index (χ1v) is 5.44. The third-order valence-electron chi connectivity index (χ3n) is 2.56. The van der Waals surface area contributed by atoms with E-state index in [2.05, 4.69) is 10.1 Å². The molecule has 0 aromatic carbocycles. The Balaban J connectivity index is 4.44. The highest BCUT2D eigenvalue weighted by atomic mass is 16.5. The highest BCUT2D eigenvalue weighted by molar-refractivity contribution is 5.88. The lowest BCUT2D eigenvalue weighted by Crippen LogP contribution is -2.54. The minimum Gasteiger partial charge on any atom is -0.466 e. The summed E-state index contributed by atoms with van der Waals surface area (Å²) >= 11 is 0. The summed E-state index contributed by atoms with van der Waals surface area (Å²) in [5.41, 5.74) is -0.631. The summed E-state index contributed by atoms with van der Waals surface area (Å²) in [5, 5.41) is 30.0. The Morgan fingerprint density at radius 3 is 2.18 bits per heavy atom. The fourth-order valence-electron chi connectivity index (χ4n) is 1.21. The molecule has 4 N–H and O–H groups in total. The number of carbonyl (C=O) groups excluding carboxylic acids is 1. The number of nitrogens with one attached hydrogen (secondary N) is 1. The summed E-state index contributed by atoms with van der Waals surface area (Å²) in [6, 6.07) is 0. The molecule has 0 saturated carbocycles. The first-order chi connectivity index (χ1) is 8.09. The van der Waals surface area contributed by atoms with Gasteiger partial charge in [-0.3, -0.25) is 0 Å². The Hall–Kier alpha value is -0.950. The molecule has 0 aliphatic carbocycles. The van der Waals surface area contributed by atoms with Crippen molar-refractivity contribution in [2.75, 3.05) is 33.5 Å². The molecule has 0 spiro atoms. The molecular weight excluding hydrogens is 226 g/mol. The Labute approximate surface area is 101 Å². The van der Waals surface area contributed by atoms with Gasteiger partial charge in [0.25, 0.3) is 0 Å². The van der Waals surface area contributed by atoms with Gasteiger partial charge in [0.05, 0.1) is 32.5 Å². The molecule has 0 bridgehead atoms. The number of hydrogen-bond acceptors (Lipinski definition) is 6. The van der Waals surface area contributed by atoms with E-state index in [9.17, 15) is 4.79 Å². The fourth-order valence-corrected chi connectivity index (χ4v) is 1.21. The largest absolute Gasteiger partial charge is 0.466 e. The lowest BCUT2D eigenvalue weighted by Gasteiger charge is -2.28. The quantitative estimate of drug-likeness (QED) is 0.318. The summed E-state index contributed by atoms with van der Waals surface area (Å²) in [5.74, 6) is -0.406. The van der Waals surface area contributed by atoms with Crippen molar-refractivity contribution in [3.05, 3.63) is 11.6 Å². The van der Waals surface area contributed by atoms with E-state index in [0.717, 1.165) is 0 Å². The minimum atomic E-state index is -1.13. The van der Waals surface area contributed by atoms with Crippen LogP contribution in [0, 0.1) is 0 Å². The van der Waals surface area contributed by atoms with Crippen LogP contribution in [-0.2, 0) is 9.53 Å². The molecule has 0 rings (SSSR count). The van der Waals surface area contributed by atoms with Crippen LogP contribution in [0.3, 0.4) is 0 Å². The number of esters is 1. The number of carbonyl (C=O) groups is 1. The second-order valence-corrected chi connectivity index (χ2v) is 3.71. The van der Waals surface area contributed by atoms with Crippen molar-refractivity contribution in [1.29, 1.82) is 0 Å². The van der Waals surface area contributed by atoms with Gasteiger partial charge in [0.2, 0.25) is 0 Å². The second kappa shape index (κ2) is 8.19. The van der Waals surface area contributed by atoms with Crippen molar-refractivity contribution < 1.29 is 24.9 Å². The van der Waals surface area contributed by atoms with E-state index in [1.807, 2.05) is 6.92 Å². The number of hydrogen-bond donors (Lipinski definition) is 4. The molecule has 17 heavy (non-hydrogen) atoms. The maximum absolute atomic E-state index is 11.2. The Kier molecular flexibility index (Phi) is 7.73. The van der Waals surface area contributed by atoms with E-state index in [0.29, 0.717) is 12.0 Å². The van der Waals surface area contributed by atoms with Crippen LogP contribution in [0.25, 0.3) is 0 Å². The van der Waals surface area contributed by atoms with Crippen molar-refractivity contribution >= 4 is 5.97 Å². The Bertz CT molecular complexity index is 252. The van der Waals surface area contributed by atoms with Gasteiger partial charge in [0.1, 0.15) is 0 Å². The van der Waals surface area contributed by atoms with Gasteiger partial charge in [0.15, 0.2) is 0 Å². The predicted octanol–water partition coefficient (Wildman–Crippen LogP) is -1.20. The van der Waals surface area contributed by atoms with Crippen LogP contribution in [0.5, 0.6) is 0 Å². The van der Waals surface area contributed by atoms with Crippen LogP contribution in [0.4, 0.5) is 0 Å². The van der Waals surface area contributed by atoms with E-state index in [1.165, 1.54) is 7.11 Å². The molecule has 0 radical (unpaired) electrons. The summed E-state index contributed by atoms with van der Waals surface area (Å²) in [6.45, 7) is 0.884. The molecule has 6 nitrogen and oxygen atoms in total. The maximum Gasteiger partial charge on any atom is 0.333 e. The monoisotopic (exact) mass is 247 g/mol. The molecule has 0 heterocycles. The lowest BCUT2D eigenvalue weighted by atomic mass is 10.0. The maximum atomic E-state index is 11.2. The highest BCUT2D eigenvalue weighted by Gasteiger charge is 2.26. The second-order valence-electron chi connectivity index (χ2n) is 3.71. The first kappa shape index (κ1) is 16.1. The standard InChI is InChI=1S/C11H21NO5/c1-3-9(10(16)17-2)4-5-12-11(6-13,7-14)8-15/h4,12-15H,3,5-8H2,1-2H3. The van der Waals surface area contributed by atoms with E-state index < -0.39 is 31.3 Å². The molecule has 0 aliphatic heterocycles. The molecule has 6 heteroatoms. The molecule has 0 saturated heterocycles. The molecule has 0 aliphatic rings. The molecule has 0 aromatic rings. The van der Waals surface area contributed by atoms with Gasteiger partial charge in [-0.15, -0.1) is 0 Å². The van der Waals surface area contributed by atoms with Crippen molar-refractivity contribution in [1.82, 2.24) is 5.32 Å². The van der Waals surface area contributed by atoms with Crippen molar-refractivity contribution in [3.8, 4) is 0 Å². The third-order valence-corrected chi connectivity index (χ3v) is 2.56. The zero-order chi connectivity index (χ0) is 13.3. The SMILES string of the molecule is CCC(=CCNC(CO)(CO)CO)C(=O)OC. The van der Waals surface area contributed by atoms with E-state index in [4.69, 9.17) is 15.3 Å². The molecule has 100 valence electrons. The highest BCUT2D eigenvalue weighted by Crippen LogP contribution is 2.04. The zero-order valence-corrected chi connectivity index (χ0v) is 10.3. The number of methoxy groups -OCH3 is 1. The van der Waals surface area contributed by atoms with Crippen molar-refractivity contribution in [2.24, 2.45) is 0 Å². The minimum absolute atomic E-state index is 0.250. The van der Waals surface area contributed by atoms with Crippen LogP contribution in [0.15, 0.2) is 11.6 Å². The zero-order valence-electron chi connectivity index (χ0n) is 10.3. The molecular formula is C11H21NO5. The van der Waals surface area contributed by atoms with Crippen LogP contribution in [0.2, 0.25) is 0 Å². The Morgan fingerprint density at radius 2 is 1.82 bits per heavy atom. The van der Waals surface area contributed by atoms with Gasteiger partial charge in [-0.05, 0) is 6.42 Å². The van der Waals surface area contributed by atoms with Crippen LogP contribution < -0.4 is 5.32 Å². The topological polar surface area (TPSA) is 99.0 Å². The number of aliphatic hydroxyl groups excluding tert-OH is 3. The van der Waals surface area contributed by atoms with Gasteiger partial charge >= 0.3 is 5.97 Å². The van der Waals surface area contributed by atoms with Gasteiger partial charge in [-0.1, -0.05) is 13.0 Å². The number of ether oxygens (including phenoxy) is 1. The molecule has 0 atom stereocenters. The smallest absolute Gasteiger partial charge is 0.333 e. The lowest BCUT2D eigenvalue weighted by molar-refractivity contribution is -0.136. The van der Waals surface area contributed by atoms with Gasteiger partial charge < -0.3 is 25.4 Å². The van der Waals surface area contributed by atoms with Crippen molar-refractivity contribution in [2.45, 2.75) is 18.9 Å². The normalized spacial score (nSPS) is 12.6. The average molecular weight is 247 g/mol. The average Bonchev–Trinajstić information content (AvgIpc) is 2.39. The van der Waals surface area contributed by atoms with Crippen molar-refractivity contribution in [3.63, 3.8) is 0 Å². The fraction of sp³-hybridized carbons (Fsp3) is 0.727. The van der Waals surface area contributed by atoms with Gasteiger partial charge in [0, 0.05) is 12.1 Å². The first-order valence-electron chi connectivity index (χ1n) is 5.44. The molecule has 0 fully saturated rings. The van der Waals surface area contributed by atoms with Crippen LogP contribution >= 0.6 is 0 Å². The third kappa shape index (κ3) is 4.82. The van der Waals surface area contributed by atoms with E-state index in [1.54, 1.807) is 6.08 Å². The summed E-state index contributed by atoms with van der Waals surface area (Å²) < 4.78 is 4.58. The molecule has 0 unspecified atom stereocenters. The summed E-state index contributed by atoms with van der Waals surface area (Å²) in [6.07, 6.45) is 2.14. The molecule has 0 aromatic heterocycles. The number of rotatable bonds is 8. The Morgan fingerprint density at radius 1 is 1.29 bits per heavy atom.